The standard InChI is InChI=1S/CH4O9S3.3H2O/c2-11(3,4)1(12(5,6)7)13(8,9)10;;;/h1H,(H,2,3,4)(H,5,6,7)(H,8,9,10);3*1H2. The Bertz CT molecular complexity index is 398. The lowest BCUT2D eigenvalue weighted by molar-refractivity contribution is 0.449. The molecular formula is CH10O12S3. The molecule has 0 unspecified atom stereocenters. The average Bonchev–Trinajstić information content (AvgIpc) is 1.44. The van der Waals surface area contributed by atoms with Crippen LogP contribution in [0, 0.1) is 0 Å². The van der Waals surface area contributed by atoms with Crippen molar-refractivity contribution in [2.75, 3.05) is 0 Å². The number of hydrogen-bond donors (Lipinski definition) is 3. The largest absolute Gasteiger partial charge is 0.412 e. The van der Waals surface area contributed by atoms with Crippen LogP contribution in [0.4, 0.5) is 0 Å². The molecule has 0 radical (unpaired) electrons. The molecule has 0 fully saturated rings. The smallest absolute Gasteiger partial charge is 0.336 e. The highest BCUT2D eigenvalue weighted by Gasteiger charge is 2.46. The van der Waals surface area contributed by atoms with Crippen molar-refractivity contribution in [3.8, 4) is 0 Å². The molecular weight excluding hydrogens is 300 g/mol. The zero-order valence-electron chi connectivity index (χ0n) is 7.09. The third-order valence-electron chi connectivity index (χ3n) is 0.730. The van der Waals surface area contributed by atoms with E-state index in [-0.39, 0.29) is 16.4 Å². The molecule has 0 bridgehead atoms. The molecule has 0 saturated heterocycles. The fourth-order valence-electron chi connectivity index (χ4n) is 0.461. The van der Waals surface area contributed by atoms with Crippen molar-refractivity contribution >= 4 is 30.4 Å². The second kappa shape index (κ2) is 6.37. The normalized spacial score (nSPS) is 12.0. The van der Waals surface area contributed by atoms with Crippen molar-refractivity contribution in [3.05, 3.63) is 0 Å². The van der Waals surface area contributed by atoms with E-state index in [9.17, 15) is 25.3 Å². The predicted octanol–water partition coefficient (Wildman–Crippen LogP) is -4.54. The van der Waals surface area contributed by atoms with Crippen molar-refractivity contribution in [1.29, 1.82) is 0 Å². The molecule has 0 spiro atoms. The molecule has 0 aromatic heterocycles. The third kappa shape index (κ3) is 6.98. The van der Waals surface area contributed by atoms with Gasteiger partial charge in [0.1, 0.15) is 0 Å². The molecule has 0 atom stereocenters. The van der Waals surface area contributed by atoms with Crippen LogP contribution < -0.4 is 0 Å². The van der Waals surface area contributed by atoms with E-state index in [1.54, 1.807) is 0 Å². The first-order chi connectivity index (χ1) is 5.37. The molecule has 0 heterocycles. The van der Waals surface area contributed by atoms with Crippen LogP contribution in [0.2, 0.25) is 0 Å². The highest BCUT2D eigenvalue weighted by atomic mass is 32.3. The zero-order chi connectivity index (χ0) is 11.1. The predicted molar refractivity (Wildman–Crippen MR) is 49.3 cm³/mol. The third-order valence-corrected chi connectivity index (χ3v) is 6.57. The highest BCUT2D eigenvalue weighted by molar-refractivity contribution is 8.19. The lowest BCUT2D eigenvalue weighted by Crippen LogP contribution is -2.36. The summed E-state index contributed by atoms with van der Waals surface area (Å²) in [6, 6.07) is 0. The Morgan fingerprint density at radius 1 is 0.562 bits per heavy atom. The van der Waals surface area contributed by atoms with Gasteiger partial charge in [0.15, 0.2) is 0 Å². The topological polar surface area (TPSA) is 258 Å². The van der Waals surface area contributed by atoms with Crippen LogP contribution in [-0.2, 0) is 30.4 Å². The monoisotopic (exact) mass is 310 g/mol. The van der Waals surface area contributed by atoms with Crippen LogP contribution in [0.5, 0.6) is 0 Å². The number of hydrogen-bond acceptors (Lipinski definition) is 6. The summed E-state index contributed by atoms with van der Waals surface area (Å²) in [6.07, 6.45) is 0. The summed E-state index contributed by atoms with van der Waals surface area (Å²) in [7, 11) is -17.0. The van der Waals surface area contributed by atoms with Crippen molar-refractivity contribution in [1.82, 2.24) is 0 Å². The maximum Gasteiger partial charge on any atom is 0.336 e. The second-order valence-corrected chi connectivity index (χ2v) is 7.23. The minimum atomic E-state index is -5.66. The van der Waals surface area contributed by atoms with E-state index in [4.69, 9.17) is 13.7 Å². The fraction of sp³-hybridized carbons (Fsp3) is 1.00. The summed E-state index contributed by atoms with van der Waals surface area (Å²) in [5.74, 6) is 0. The van der Waals surface area contributed by atoms with Gasteiger partial charge in [-0.25, -0.2) is 0 Å². The maximum atomic E-state index is 10.1. The van der Waals surface area contributed by atoms with Gasteiger partial charge in [-0.05, 0) is 0 Å². The van der Waals surface area contributed by atoms with E-state index in [2.05, 4.69) is 0 Å². The van der Waals surface area contributed by atoms with Crippen molar-refractivity contribution in [3.63, 3.8) is 0 Å². The summed E-state index contributed by atoms with van der Waals surface area (Å²) >= 11 is 0. The molecule has 9 N–H and O–H groups in total. The van der Waals surface area contributed by atoms with E-state index < -0.39 is 34.3 Å². The highest BCUT2D eigenvalue weighted by Crippen LogP contribution is 2.12. The molecule has 12 nitrogen and oxygen atoms in total. The van der Waals surface area contributed by atoms with E-state index in [1.165, 1.54) is 0 Å². The molecule has 0 saturated carbocycles. The van der Waals surface area contributed by atoms with Gasteiger partial charge < -0.3 is 16.4 Å². The van der Waals surface area contributed by atoms with Crippen molar-refractivity contribution in [2.45, 2.75) is 3.91 Å². The summed E-state index contributed by atoms with van der Waals surface area (Å²) < 4.78 is 81.1. The Hall–Kier alpha value is -0.390. The van der Waals surface area contributed by atoms with Crippen molar-refractivity contribution in [2.24, 2.45) is 0 Å². The van der Waals surface area contributed by atoms with Gasteiger partial charge in [0, 0.05) is 0 Å². The molecule has 0 aromatic carbocycles. The van der Waals surface area contributed by atoms with Gasteiger partial charge in [-0.3, -0.25) is 13.7 Å². The summed E-state index contributed by atoms with van der Waals surface area (Å²) in [6.45, 7) is 0. The fourth-order valence-corrected chi connectivity index (χ4v) is 4.15. The molecule has 16 heavy (non-hydrogen) atoms. The van der Waals surface area contributed by atoms with Crippen molar-refractivity contribution < 1.29 is 55.3 Å². The van der Waals surface area contributed by atoms with E-state index in [0.717, 1.165) is 0 Å². The Labute approximate surface area is 90.1 Å². The zero-order valence-corrected chi connectivity index (χ0v) is 9.54. The minimum Gasteiger partial charge on any atom is -0.412 e. The van der Waals surface area contributed by atoms with Crippen LogP contribution in [0.1, 0.15) is 0 Å². The average molecular weight is 310 g/mol. The van der Waals surface area contributed by atoms with E-state index in [1.807, 2.05) is 0 Å². The molecule has 0 aliphatic rings. The lowest BCUT2D eigenvalue weighted by atomic mass is 11.9. The van der Waals surface area contributed by atoms with Gasteiger partial charge in [0.25, 0.3) is 0 Å². The van der Waals surface area contributed by atoms with Gasteiger partial charge in [0.2, 0.25) is 0 Å². The van der Waals surface area contributed by atoms with Gasteiger partial charge >= 0.3 is 34.3 Å². The Kier molecular flexibility index (Phi) is 9.84. The first kappa shape index (κ1) is 24.7. The quantitative estimate of drug-likeness (QED) is 0.423. The van der Waals surface area contributed by atoms with Crippen LogP contribution in [0.25, 0.3) is 0 Å². The second-order valence-electron chi connectivity index (χ2n) is 1.83. The molecule has 0 rings (SSSR count). The Balaban J connectivity index is -0.000000240. The van der Waals surface area contributed by atoms with Gasteiger partial charge in [-0.2, -0.15) is 25.3 Å². The molecule has 0 aromatic rings. The lowest BCUT2D eigenvalue weighted by Gasteiger charge is -2.05. The Morgan fingerprint density at radius 3 is 0.688 bits per heavy atom. The van der Waals surface area contributed by atoms with Crippen LogP contribution in [0.15, 0.2) is 0 Å². The van der Waals surface area contributed by atoms with Gasteiger partial charge in [-0.1, -0.05) is 0 Å². The summed E-state index contributed by atoms with van der Waals surface area (Å²) in [4.78, 5) is 0. The first-order valence-electron chi connectivity index (χ1n) is 2.25. The van der Waals surface area contributed by atoms with Crippen LogP contribution in [0.3, 0.4) is 0 Å². The summed E-state index contributed by atoms with van der Waals surface area (Å²) in [5.41, 5.74) is 0. The molecule has 0 aliphatic carbocycles. The maximum absolute atomic E-state index is 10.1. The van der Waals surface area contributed by atoms with E-state index >= 15 is 0 Å². The summed E-state index contributed by atoms with van der Waals surface area (Å²) in [5, 5.41) is 0. The molecule has 15 heteroatoms. The molecule has 0 amide bonds. The number of rotatable bonds is 3. The first-order valence-corrected chi connectivity index (χ1v) is 6.76. The molecule has 0 aliphatic heterocycles. The van der Waals surface area contributed by atoms with Gasteiger partial charge in [0.05, 0.1) is 0 Å². The molecule has 104 valence electrons. The minimum absolute atomic E-state index is 0. The Morgan fingerprint density at radius 2 is 0.688 bits per heavy atom. The van der Waals surface area contributed by atoms with Crippen LogP contribution in [-0.4, -0.2) is 59.3 Å². The van der Waals surface area contributed by atoms with Gasteiger partial charge in [-0.15, -0.1) is 0 Å². The SMILES string of the molecule is O.O.O.O=S(=O)(O)C(S(=O)(=O)O)S(=O)(=O)O. The van der Waals surface area contributed by atoms with E-state index in [0.29, 0.717) is 0 Å². The van der Waals surface area contributed by atoms with Crippen LogP contribution >= 0.6 is 0 Å².